The minimum absolute atomic E-state index is 0.552. The van der Waals surface area contributed by atoms with Crippen LogP contribution >= 0.6 is 0 Å². The first-order valence-corrected chi connectivity index (χ1v) is 7.53. The maximum atomic E-state index is 5.85. The van der Waals surface area contributed by atoms with Crippen molar-refractivity contribution in [3.8, 4) is 11.1 Å². The van der Waals surface area contributed by atoms with Crippen LogP contribution in [0.25, 0.3) is 11.1 Å². The summed E-state index contributed by atoms with van der Waals surface area (Å²) in [5.74, 6) is 1.63. The molecule has 0 spiro atoms. The van der Waals surface area contributed by atoms with Crippen molar-refractivity contribution in [2.75, 3.05) is 5.73 Å². The van der Waals surface area contributed by atoms with Crippen molar-refractivity contribution in [2.24, 2.45) is 11.8 Å². The molecular weight excluding hydrogens is 246 g/mol. The average Bonchev–Trinajstić information content (AvgIpc) is 2.92. The van der Waals surface area contributed by atoms with Crippen LogP contribution < -0.4 is 5.73 Å². The minimum Gasteiger partial charge on any atom is -0.399 e. The molecule has 1 aromatic heterocycles. The summed E-state index contributed by atoms with van der Waals surface area (Å²) >= 11 is 0. The van der Waals surface area contributed by atoms with Crippen LogP contribution in [0.3, 0.4) is 0 Å². The molecule has 1 aromatic carbocycles. The summed E-state index contributed by atoms with van der Waals surface area (Å²) in [5, 5.41) is 4.58. The topological polar surface area (TPSA) is 43.8 Å². The van der Waals surface area contributed by atoms with Gasteiger partial charge in [0.2, 0.25) is 0 Å². The summed E-state index contributed by atoms with van der Waals surface area (Å²) < 4.78 is 2.15. The first-order chi connectivity index (χ1) is 9.63. The molecule has 3 unspecified atom stereocenters. The number of nitrogens with zero attached hydrogens (tertiary/aromatic N) is 2. The SMILES string of the molecule is CC1CCC(n2cc(-c3cccc(N)c3)cn2)CC1C. The van der Waals surface area contributed by atoms with Gasteiger partial charge in [0.05, 0.1) is 12.2 Å². The Hall–Kier alpha value is -1.77. The van der Waals surface area contributed by atoms with Crippen molar-refractivity contribution in [3.05, 3.63) is 36.7 Å². The van der Waals surface area contributed by atoms with Gasteiger partial charge < -0.3 is 5.73 Å². The zero-order chi connectivity index (χ0) is 14.1. The number of aromatic nitrogens is 2. The van der Waals surface area contributed by atoms with E-state index in [4.69, 9.17) is 5.73 Å². The molecule has 3 atom stereocenters. The van der Waals surface area contributed by atoms with Gasteiger partial charge in [-0.05, 0) is 48.8 Å². The molecule has 1 aliphatic rings. The molecule has 1 saturated carbocycles. The largest absolute Gasteiger partial charge is 0.399 e. The van der Waals surface area contributed by atoms with Crippen LogP contribution in [0.15, 0.2) is 36.7 Å². The average molecular weight is 269 g/mol. The van der Waals surface area contributed by atoms with Crippen molar-refractivity contribution in [1.82, 2.24) is 9.78 Å². The number of benzene rings is 1. The molecule has 20 heavy (non-hydrogen) atoms. The summed E-state index contributed by atoms with van der Waals surface area (Å²) in [5.41, 5.74) is 8.96. The van der Waals surface area contributed by atoms with E-state index < -0.39 is 0 Å². The van der Waals surface area contributed by atoms with Crippen molar-refractivity contribution in [2.45, 2.75) is 39.2 Å². The van der Waals surface area contributed by atoms with Gasteiger partial charge in [0.1, 0.15) is 0 Å². The Bertz CT molecular complexity index is 587. The fraction of sp³-hybridized carbons (Fsp3) is 0.471. The maximum Gasteiger partial charge on any atom is 0.0568 e. The lowest BCUT2D eigenvalue weighted by Crippen LogP contribution is -2.23. The van der Waals surface area contributed by atoms with Gasteiger partial charge in [-0.2, -0.15) is 5.10 Å². The lowest BCUT2D eigenvalue weighted by molar-refractivity contribution is 0.201. The zero-order valence-corrected chi connectivity index (χ0v) is 12.3. The lowest BCUT2D eigenvalue weighted by atomic mass is 9.79. The standard InChI is InChI=1S/C17H23N3/c1-12-6-7-17(8-13(12)2)20-11-15(10-19-20)14-4-3-5-16(18)9-14/h3-5,9-13,17H,6-8,18H2,1-2H3. The van der Waals surface area contributed by atoms with Crippen LogP contribution in [-0.4, -0.2) is 9.78 Å². The van der Waals surface area contributed by atoms with Crippen LogP contribution in [0.5, 0.6) is 0 Å². The Balaban J connectivity index is 1.80. The van der Waals surface area contributed by atoms with Crippen LogP contribution in [-0.2, 0) is 0 Å². The quantitative estimate of drug-likeness (QED) is 0.833. The third kappa shape index (κ3) is 2.58. The highest BCUT2D eigenvalue weighted by atomic mass is 15.3. The Morgan fingerprint density at radius 1 is 1.15 bits per heavy atom. The number of hydrogen-bond donors (Lipinski definition) is 1. The molecule has 3 heteroatoms. The van der Waals surface area contributed by atoms with Gasteiger partial charge in [0, 0.05) is 17.4 Å². The fourth-order valence-electron chi connectivity index (χ4n) is 3.16. The molecule has 1 fully saturated rings. The van der Waals surface area contributed by atoms with E-state index in [1.165, 1.54) is 19.3 Å². The molecule has 1 aliphatic carbocycles. The molecule has 2 aromatic rings. The van der Waals surface area contributed by atoms with Gasteiger partial charge >= 0.3 is 0 Å². The molecule has 0 saturated heterocycles. The highest BCUT2D eigenvalue weighted by Gasteiger charge is 2.26. The molecule has 0 bridgehead atoms. The summed E-state index contributed by atoms with van der Waals surface area (Å²) in [7, 11) is 0. The van der Waals surface area contributed by atoms with E-state index >= 15 is 0 Å². The third-order valence-corrected chi connectivity index (χ3v) is 4.77. The predicted octanol–water partition coefficient (Wildman–Crippen LogP) is 4.13. The van der Waals surface area contributed by atoms with Gasteiger partial charge in [-0.3, -0.25) is 4.68 Å². The van der Waals surface area contributed by atoms with E-state index in [9.17, 15) is 0 Å². The third-order valence-electron chi connectivity index (χ3n) is 4.77. The van der Waals surface area contributed by atoms with Gasteiger partial charge in [-0.1, -0.05) is 26.0 Å². The van der Waals surface area contributed by atoms with Gasteiger partial charge in [0.25, 0.3) is 0 Å². The van der Waals surface area contributed by atoms with Crippen molar-refractivity contribution in [1.29, 1.82) is 0 Å². The smallest absolute Gasteiger partial charge is 0.0568 e. The molecule has 0 radical (unpaired) electrons. The van der Waals surface area contributed by atoms with E-state index in [2.05, 4.69) is 35.9 Å². The second kappa shape index (κ2) is 5.31. The Labute approximate surface area is 120 Å². The summed E-state index contributed by atoms with van der Waals surface area (Å²) in [6.45, 7) is 4.72. The molecule has 2 N–H and O–H groups in total. The molecule has 3 nitrogen and oxygen atoms in total. The van der Waals surface area contributed by atoms with Crippen molar-refractivity contribution >= 4 is 5.69 Å². The second-order valence-corrected chi connectivity index (χ2v) is 6.26. The maximum absolute atomic E-state index is 5.85. The molecular formula is C17H23N3. The highest BCUT2D eigenvalue weighted by molar-refractivity contribution is 5.65. The van der Waals surface area contributed by atoms with Crippen LogP contribution in [0, 0.1) is 11.8 Å². The summed E-state index contributed by atoms with van der Waals surface area (Å²) in [4.78, 5) is 0. The van der Waals surface area contributed by atoms with Gasteiger partial charge in [-0.15, -0.1) is 0 Å². The zero-order valence-electron chi connectivity index (χ0n) is 12.3. The van der Waals surface area contributed by atoms with Crippen LogP contribution in [0.2, 0.25) is 0 Å². The van der Waals surface area contributed by atoms with Crippen LogP contribution in [0.1, 0.15) is 39.2 Å². The van der Waals surface area contributed by atoms with Gasteiger partial charge in [-0.25, -0.2) is 0 Å². The number of rotatable bonds is 2. The Kier molecular flexibility index (Phi) is 3.51. The summed E-state index contributed by atoms with van der Waals surface area (Å²) in [6.07, 6.45) is 7.90. The predicted molar refractivity (Wildman–Crippen MR) is 83.3 cm³/mol. The molecule has 106 valence electrons. The minimum atomic E-state index is 0.552. The highest BCUT2D eigenvalue weighted by Crippen LogP contribution is 2.36. The first-order valence-electron chi connectivity index (χ1n) is 7.53. The monoisotopic (exact) mass is 269 g/mol. The Morgan fingerprint density at radius 2 is 2.00 bits per heavy atom. The first kappa shape index (κ1) is 13.2. The van der Waals surface area contributed by atoms with Crippen molar-refractivity contribution in [3.63, 3.8) is 0 Å². The Morgan fingerprint density at radius 3 is 2.75 bits per heavy atom. The molecule has 1 heterocycles. The van der Waals surface area contributed by atoms with E-state index in [1.54, 1.807) is 0 Å². The van der Waals surface area contributed by atoms with E-state index in [-0.39, 0.29) is 0 Å². The fourth-order valence-corrected chi connectivity index (χ4v) is 3.16. The second-order valence-electron chi connectivity index (χ2n) is 6.26. The van der Waals surface area contributed by atoms with Crippen molar-refractivity contribution < 1.29 is 0 Å². The number of anilines is 1. The van der Waals surface area contributed by atoms with E-state index in [0.29, 0.717) is 6.04 Å². The summed E-state index contributed by atoms with van der Waals surface area (Å²) in [6, 6.07) is 8.55. The molecule has 0 amide bonds. The number of nitrogens with two attached hydrogens (primary N) is 1. The number of nitrogen functional groups attached to an aromatic ring is 1. The van der Waals surface area contributed by atoms with E-state index in [1.807, 2.05) is 24.4 Å². The van der Waals surface area contributed by atoms with E-state index in [0.717, 1.165) is 28.7 Å². The number of hydrogen-bond acceptors (Lipinski definition) is 2. The lowest BCUT2D eigenvalue weighted by Gasteiger charge is -2.32. The molecule has 3 rings (SSSR count). The normalized spacial score (nSPS) is 26.6. The van der Waals surface area contributed by atoms with Crippen LogP contribution in [0.4, 0.5) is 5.69 Å². The van der Waals surface area contributed by atoms with Gasteiger partial charge in [0.15, 0.2) is 0 Å². The molecule has 0 aliphatic heterocycles.